The third-order valence-corrected chi connectivity index (χ3v) is 3.76. The Hall–Kier alpha value is -2.93. The van der Waals surface area contributed by atoms with Gasteiger partial charge in [-0.2, -0.15) is 0 Å². The van der Waals surface area contributed by atoms with E-state index < -0.39 is 12.0 Å². The maximum absolute atomic E-state index is 11.8. The number of halogens is 1. The van der Waals surface area contributed by atoms with Crippen LogP contribution in [0, 0.1) is 5.41 Å². The summed E-state index contributed by atoms with van der Waals surface area (Å²) in [7, 11) is 0. The van der Waals surface area contributed by atoms with Crippen LogP contribution < -0.4 is 21.1 Å². The summed E-state index contributed by atoms with van der Waals surface area (Å²) in [4.78, 5) is 11.8. The van der Waals surface area contributed by atoms with Crippen molar-refractivity contribution in [2.45, 2.75) is 19.9 Å². The Morgan fingerprint density at radius 1 is 1.22 bits per heavy atom. The van der Waals surface area contributed by atoms with Crippen molar-refractivity contribution in [1.29, 1.82) is 5.41 Å². The number of nitrogens with two attached hydrogens (primary N) is 1. The van der Waals surface area contributed by atoms with Gasteiger partial charge in [0.2, 0.25) is 0 Å². The Kier molecular flexibility index (Phi) is 8.41. The van der Waals surface area contributed by atoms with Gasteiger partial charge in [-0.3, -0.25) is 5.41 Å². The maximum atomic E-state index is 11.8. The van der Waals surface area contributed by atoms with Crippen molar-refractivity contribution in [3.05, 3.63) is 53.6 Å². The summed E-state index contributed by atoms with van der Waals surface area (Å²) < 4.78 is 5.58. The number of amidine groups is 1. The highest BCUT2D eigenvalue weighted by atomic mass is 35.5. The molecule has 2 aromatic rings. The highest BCUT2D eigenvalue weighted by Gasteiger charge is 2.21. The van der Waals surface area contributed by atoms with E-state index in [0.29, 0.717) is 35.7 Å². The smallest absolute Gasteiger partial charge is 0.330 e. The number of carbonyl (C=O) groups is 1. The molecular formula is C19H25ClN4O3. The van der Waals surface area contributed by atoms with Crippen LogP contribution in [0.5, 0.6) is 5.75 Å². The lowest BCUT2D eigenvalue weighted by Crippen LogP contribution is -2.21. The molecule has 8 heteroatoms. The Bertz CT molecular complexity index is 781. The predicted molar refractivity (Wildman–Crippen MR) is 110 cm³/mol. The normalized spacial score (nSPS) is 11.0. The molecule has 0 saturated carbocycles. The van der Waals surface area contributed by atoms with Crippen molar-refractivity contribution in [3.8, 4) is 5.75 Å². The van der Waals surface area contributed by atoms with Crippen LogP contribution in [0.15, 0.2) is 42.5 Å². The summed E-state index contributed by atoms with van der Waals surface area (Å²) in [5.41, 5.74) is 8.01. The van der Waals surface area contributed by atoms with Gasteiger partial charge in [-0.1, -0.05) is 6.07 Å². The molecule has 0 bridgehead atoms. The molecule has 7 nitrogen and oxygen atoms in total. The number of carboxylic acid groups (broad SMARTS) is 1. The molecule has 0 aliphatic rings. The lowest BCUT2D eigenvalue weighted by molar-refractivity contribution is -0.138. The summed E-state index contributed by atoms with van der Waals surface area (Å²) in [5.74, 6) is -0.339. The number of benzene rings is 2. The maximum Gasteiger partial charge on any atom is 0.330 e. The Balaban J connectivity index is 0.00000364. The Morgan fingerprint density at radius 3 is 2.41 bits per heavy atom. The molecule has 146 valence electrons. The number of anilines is 2. The first-order valence-electron chi connectivity index (χ1n) is 8.40. The van der Waals surface area contributed by atoms with Crippen LogP contribution in [0.2, 0.25) is 0 Å². The molecule has 6 N–H and O–H groups in total. The van der Waals surface area contributed by atoms with Gasteiger partial charge in [-0.05, 0) is 55.8 Å². The average Bonchev–Trinajstić information content (AvgIpc) is 2.62. The van der Waals surface area contributed by atoms with Crippen LogP contribution in [0.4, 0.5) is 11.4 Å². The van der Waals surface area contributed by atoms with Crippen LogP contribution in [0.3, 0.4) is 0 Å². The molecule has 27 heavy (non-hydrogen) atoms. The number of aliphatic carboxylic acids is 1. The van der Waals surface area contributed by atoms with Crippen LogP contribution in [0.25, 0.3) is 0 Å². The van der Waals surface area contributed by atoms with E-state index in [4.69, 9.17) is 15.9 Å². The largest absolute Gasteiger partial charge is 0.492 e. The summed E-state index contributed by atoms with van der Waals surface area (Å²) in [5, 5.41) is 23.3. The number of ether oxygens (including phenoxy) is 1. The Labute approximate surface area is 164 Å². The number of carboxylic acids is 1. The van der Waals surface area contributed by atoms with Crippen LogP contribution in [0.1, 0.15) is 31.0 Å². The summed E-state index contributed by atoms with van der Waals surface area (Å²) >= 11 is 0. The third kappa shape index (κ3) is 5.79. The minimum atomic E-state index is -0.993. The zero-order chi connectivity index (χ0) is 19.1. The van der Waals surface area contributed by atoms with Crippen molar-refractivity contribution >= 4 is 35.6 Å². The van der Waals surface area contributed by atoms with E-state index in [9.17, 15) is 9.90 Å². The van der Waals surface area contributed by atoms with Gasteiger partial charge in [0, 0.05) is 17.8 Å². The van der Waals surface area contributed by atoms with E-state index in [1.165, 1.54) is 0 Å². The number of nitrogens with one attached hydrogen (secondary N) is 3. The van der Waals surface area contributed by atoms with Crippen LogP contribution in [-0.4, -0.2) is 30.1 Å². The molecule has 0 radical (unpaired) electrons. The lowest BCUT2D eigenvalue weighted by atomic mass is 10.0. The van der Waals surface area contributed by atoms with Gasteiger partial charge in [0.15, 0.2) is 6.04 Å². The molecule has 0 aliphatic carbocycles. The van der Waals surface area contributed by atoms with Crippen LogP contribution >= 0.6 is 12.4 Å². The van der Waals surface area contributed by atoms with Crippen molar-refractivity contribution in [3.63, 3.8) is 0 Å². The van der Waals surface area contributed by atoms with Crippen molar-refractivity contribution in [1.82, 2.24) is 0 Å². The van der Waals surface area contributed by atoms with Gasteiger partial charge >= 0.3 is 5.97 Å². The van der Waals surface area contributed by atoms with E-state index in [1.807, 2.05) is 13.8 Å². The third-order valence-electron chi connectivity index (χ3n) is 3.76. The first kappa shape index (κ1) is 22.1. The van der Waals surface area contributed by atoms with E-state index in [-0.39, 0.29) is 18.2 Å². The first-order valence-corrected chi connectivity index (χ1v) is 8.40. The van der Waals surface area contributed by atoms with E-state index in [2.05, 4.69) is 10.6 Å². The molecule has 0 saturated heterocycles. The molecule has 0 fully saturated rings. The van der Waals surface area contributed by atoms with Crippen molar-refractivity contribution < 1.29 is 14.6 Å². The van der Waals surface area contributed by atoms with Crippen molar-refractivity contribution in [2.24, 2.45) is 5.73 Å². The molecule has 0 spiro atoms. The van der Waals surface area contributed by atoms with Gasteiger partial charge in [0.05, 0.1) is 12.3 Å². The van der Waals surface area contributed by atoms with Gasteiger partial charge < -0.3 is 26.2 Å². The zero-order valence-electron chi connectivity index (χ0n) is 15.3. The first-order chi connectivity index (χ1) is 12.5. The van der Waals surface area contributed by atoms with Gasteiger partial charge in [-0.15, -0.1) is 12.4 Å². The van der Waals surface area contributed by atoms with E-state index >= 15 is 0 Å². The zero-order valence-corrected chi connectivity index (χ0v) is 16.1. The highest BCUT2D eigenvalue weighted by molar-refractivity contribution is 5.95. The fourth-order valence-corrected chi connectivity index (χ4v) is 2.54. The van der Waals surface area contributed by atoms with Crippen LogP contribution in [-0.2, 0) is 4.79 Å². The Morgan fingerprint density at radius 2 is 1.89 bits per heavy atom. The van der Waals surface area contributed by atoms with E-state index in [1.54, 1.807) is 42.5 Å². The minimum absolute atomic E-state index is 0. The molecule has 1 unspecified atom stereocenters. The predicted octanol–water partition coefficient (Wildman–Crippen LogP) is 3.46. The topological polar surface area (TPSA) is 120 Å². The highest BCUT2D eigenvalue weighted by Crippen LogP contribution is 2.30. The fraction of sp³-hybridized carbons (Fsp3) is 0.263. The van der Waals surface area contributed by atoms with Crippen molar-refractivity contribution in [2.75, 3.05) is 23.8 Å². The number of hydrogen-bond acceptors (Lipinski definition) is 5. The molecule has 0 aliphatic heterocycles. The molecular weight excluding hydrogens is 368 g/mol. The molecule has 2 rings (SSSR count). The number of nitrogen functional groups attached to an aromatic ring is 1. The quantitative estimate of drug-likeness (QED) is 0.329. The minimum Gasteiger partial charge on any atom is -0.492 e. The van der Waals surface area contributed by atoms with E-state index in [0.717, 1.165) is 5.69 Å². The van der Waals surface area contributed by atoms with Gasteiger partial charge in [0.25, 0.3) is 0 Å². The van der Waals surface area contributed by atoms with Gasteiger partial charge in [-0.25, -0.2) is 4.79 Å². The summed E-state index contributed by atoms with van der Waals surface area (Å²) in [6.45, 7) is 5.09. The molecule has 0 amide bonds. The average molecular weight is 393 g/mol. The SMILES string of the molecule is CCNc1cc(C(Nc2ccc(C(=N)N)cc2)C(=O)O)ccc1OCC.Cl. The second-order valence-electron chi connectivity index (χ2n) is 5.63. The number of hydrogen-bond donors (Lipinski definition) is 5. The fourth-order valence-electron chi connectivity index (χ4n) is 2.54. The summed E-state index contributed by atoms with van der Waals surface area (Å²) in [6.07, 6.45) is 0. The second kappa shape index (κ2) is 10.3. The molecule has 1 atom stereocenters. The molecule has 2 aromatic carbocycles. The monoisotopic (exact) mass is 392 g/mol. The number of rotatable bonds is 9. The molecule has 0 heterocycles. The lowest BCUT2D eigenvalue weighted by Gasteiger charge is -2.19. The summed E-state index contributed by atoms with van der Waals surface area (Å²) in [6, 6.07) is 11.1. The molecule has 0 aromatic heterocycles. The van der Waals surface area contributed by atoms with Gasteiger partial charge in [0.1, 0.15) is 11.6 Å². The standard InChI is InChI=1S/C19H24N4O3.ClH/c1-3-22-15-11-13(7-10-16(15)26-4-2)17(19(24)25)23-14-8-5-12(6-9-14)18(20)21;/h5-11,17,22-23H,3-4H2,1-2H3,(H3,20,21)(H,24,25);1H. The second-order valence-corrected chi connectivity index (χ2v) is 5.63.